The van der Waals surface area contributed by atoms with Gasteiger partial charge in [-0.25, -0.2) is 9.78 Å². The minimum absolute atomic E-state index is 0.0215. The molecule has 0 fully saturated rings. The number of nitrogens with zero attached hydrogens (tertiary/aromatic N) is 1. The Hall–Kier alpha value is -1.62. The number of carbonyl (C=O) groups is 1. The lowest BCUT2D eigenvalue weighted by Gasteiger charge is -2.01. The predicted octanol–water partition coefficient (Wildman–Crippen LogP) is -0.146. The number of rotatable bonds is 2. The third-order valence-electron chi connectivity index (χ3n) is 1.42. The van der Waals surface area contributed by atoms with Crippen LogP contribution in [0.1, 0.15) is 15.9 Å². The van der Waals surface area contributed by atoms with Gasteiger partial charge in [-0.2, -0.15) is 0 Å². The van der Waals surface area contributed by atoms with E-state index < -0.39 is 5.97 Å². The number of aromatic nitrogens is 1. The van der Waals surface area contributed by atoms with E-state index in [1.807, 2.05) is 0 Å². The molecule has 64 valence electrons. The molecule has 12 heavy (non-hydrogen) atoms. The van der Waals surface area contributed by atoms with Crippen LogP contribution in [0.2, 0.25) is 0 Å². The Bertz CT molecular complexity index is 312. The predicted molar refractivity (Wildman–Crippen MR) is 41.5 cm³/mol. The number of nitrogens with two attached hydrogens (primary N) is 1. The van der Waals surface area contributed by atoms with Gasteiger partial charge in [0.2, 0.25) is 0 Å². The first-order valence-corrected chi connectivity index (χ1v) is 3.23. The molecule has 0 aromatic carbocycles. The SMILES string of the molecule is Nc1ncc(C(=O)O)cc1CO. The highest BCUT2D eigenvalue weighted by Crippen LogP contribution is 2.10. The third kappa shape index (κ3) is 1.51. The van der Waals surface area contributed by atoms with Crippen LogP contribution in [0, 0.1) is 0 Å². The molecular formula is C7H8N2O3. The molecule has 1 rings (SSSR count). The van der Waals surface area contributed by atoms with Gasteiger partial charge in [0, 0.05) is 11.8 Å². The Morgan fingerprint density at radius 3 is 2.83 bits per heavy atom. The van der Waals surface area contributed by atoms with Crippen molar-refractivity contribution in [2.24, 2.45) is 0 Å². The van der Waals surface area contributed by atoms with Crippen LogP contribution < -0.4 is 5.73 Å². The fraction of sp³-hybridized carbons (Fsp3) is 0.143. The topological polar surface area (TPSA) is 96.4 Å². The summed E-state index contributed by atoms with van der Waals surface area (Å²) in [6.45, 7) is -0.306. The summed E-state index contributed by atoms with van der Waals surface area (Å²) in [4.78, 5) is 14.0. The van der Waals surface area contributed by atoms with Crippen LogP contribution in [-0.2, 0) is 6.61 Å². The van der Waals surface area contributed by atoms with E-state index in [-0.39, 0.29) is 18.0 Å². The molecular weight excluding hydrogens is 160 g/mol. The summed E-state index contributed by atoms with van der Waals surface area (Å²) >= 11 is 0. The molecule has 4 N–H and O–H groups in total. The van der Waals surface area contributed by atoms with Gasteiger partial charge < -0.3 is 15.9 Å². The first-order chi connectivity index (χ1) is 5.65. The second-order valence-corrected chi connectivity index (χ2v) is 2.23. The van der Waals surface area contributed by atoms with Gasteiger partial charge >= 0.3 is 5.97 Å². The highest BCUT2D eigenvalue weighted by atomic mass is 16.4. The van der Waals surface area contributed by atoms with E-state index in [1.165, 1.54) is 6.07 Å². The number of hydrogen-bond donors (Lipinski definition) is 3. The van der Waals surface area contributed by atoms with Gasteiger partial charge in [0.15, 0.2) is 0 Å². The van der Waals surface area contributed by atoms with Crippen LogP contribution in [0.25, 0.3) is 0 Å². The van der Waals surface area contributed by atoms with Gasteiger partial charge in [0.1, 0.15) is 5.82 Å². The number of carboxylic acid groups (broad SMARTS) is 1. The highest BCUT2D eigenvalue weighted by molar-refractivity contribution is 5.87. The molecule has 5 nitrogen and oxygen atoms in total. The Balaban J connectivity index is 3.13. The normalized spacial score (nSPS) is 9.75. The fourth-order valence-corrected chi connectivity index (χ4v) is 0.765. The molecule has 0 aliphatic carbocycles. The maximum absolute atomic E-state index is 10.4. The molecule has 0 atom stereocenters. The van der Waals surface area contributed by atoms with Gasteiger partial charge in [0.25, 0.3) is 0 Å². The highest BCUT2D eigenvalue weighted by Gasteiger charge is 2.06. The summed E-state index contributed by atoms with van der Waals surface area (Å²) in [6, 6.07) is 1.30. The van der Waals surface area contributed by atoms with Gasteiger partial charge in [-0.15, -0.1) is 0 Å². The smallest absolute Gasteiger partial charge is 0.337 e. The molecule has 5 heteroatoms. The summed E-state index contributed by atoms with van der Waals surface area (Å²) in [5.41, 5.74) is 5.69. The second-order valence-electron chi connectivity index (χ2n) is 2.23. The number of nitrogen functional groups attached to an aromatic ring is 1. The Morgan fingerprint density at radius 2 is 2.33 bits per heavy atom. The monoisotopic (exact) mass is 168 g/mol. The number of aliphatic hydroxyl groups is 1. The summed E-state index contributed by atoms with van der Waals surface area (Å²) < 4.78 is 0. The number of hydrogen-bond acceptors (Lipinski definition) is 4. The van der Waals surface area contributed by atoms with Crippen LogP contribution in [0.3, 0.4) is 0 Å². The minimum atomic E-state index is -1.09. The largest absolute Gasteiger partial charge is 0.478 e. The number of aromatic carboxylic acids is 1. The lowest BCUT2D eigenvalue weighted by Crippen LogP contribution is -2.03. The molecule has 0 spiro atoms. The van der Waals surface area contributed by atoms with Crippen LogP contribution >= 0.6 is 0 Å². The van der Waals surface area contributed by atoms with Crippen molar-refractivity contribution in [1.29, 1.82) is 0 Å². The lowest BCUT2D eigenvalue weighted by atomic mass is 10.2. The maximum Gasteiger partial charge on any atom is 0.337 e. The molecule has 1 aromatic heterocycles. The van der Waals surface area contributed by atoms with E-state index in [9.17, 15) is 4.79 Å². The molecule has 0 unspecified atom stereocenters. The minimum Gasteiger partial charge on any atom is -0.478 e. The van der Waals surface area contributed by atoms with Crippen molar-refractivity contribution in [2.75, 3.05) is 5.73 Å². The molecule has 1 aromatic rings. The van der Waals surface area contributed by atoms with Crippen molar-refractivity contribution in [3.8, 4) is 0 Å². The van der Waals surface area contributed by atoms with Crippen molar-refractivity contribution in [3.05, 3.63) is 23.4 Å². The molecule has 0 saturated heterocycles. The standard InChI is InChI=1S/C7H8N2O3/c8-6-5(3-10)1-4(2-9-6)7(11)12/h1-2,10H,3H2,(H2,8,9)(H,11,12). The average molecular weight is 168 g/mol. The van der Waals surface area contributed by atoms with E-state index in [1.54, 1.807) is 0 Å². The Kier molecular flexibility index (Phi) is 2.25. The summed E-state index contributed by atoms with van der Waals surface area (Å²) in [5, 5.41) is 17.2. The van der Waals surface area contributed by atoms with Gasteiger partial charge in [-0.1, -0.05) is 0 Å². The quantitative estimate of drug-likeness (QED) is 0.570. The Morgan fingerprint density at radius 1 is 1.67 bits per heavy atom. The zero-order valence-electron chi connectivity index (χ0n) is 6.19. The van der Waals surface area contributed by atoms with E-state index >= 15 is 0 Å². The Labute approximate surface area is 68.5 Å². The zero-order valence-corrected chi connectivity index (χ0v) is 6.19. The van der Waals surface area contributed by atoms with Crippen molar-refractivity contribution >= 4 is 11.8 Å². The van der Waals surface area contributed by atoms with Gasteiger partial charge in [-0.3, -0.25) is 0 Å². The fourth-order valence-electron chi connectivity index (χ4n) is 0.765. The van der Waals surface area contributed by atoms with Crippen molar-refractivity contribution < 1.29 is 15.0 Å². The van der Waals surface area contributed by atoms with Crippen molar-refractivity contribution in [1.82, 2.24) is 4.98 Å². The molecule has 0 aliphatic rings. The van der Waals surface area contributed by atoms with Gasteiger partial charge in [-0.05, 0) is 6.07 Å². The first-order valence-electron chi connectivity index (χ1n) is 3.23. The summed E-state index contributed by atoms with van der Waals surface area (Å²) in [7, 11) is 0. The number of anilines is 1. The third-order valence-corrected chi connectivity index (χ3v) is 1.42. The van der Waals surface area contributed by atoms with E-state index in [0.29, 0.717) is 5.56 Å². The average Bonchev–Trinajstić information content (AvgIpc) is 2.05. The molecule has 0 radical (unpaired) electrons. The van der Waals surface area contributed by atoms with Gasteiger partial charge in [0.05, 0.1) is 12.2 Å². The van der Waals surface area contributed by atoms with Crippen LogP contribution in [0.5, 0.6) is 0 Å². The maximum atomic E-state index is 10.4. The molecule has 0 bridgehead atoms. The molecule has 0 amide bonds. The number of carboxylic acids is 1. The first kappa shape index (κ1) is 8.48. The van der Waals surface area contributed by atoms with Crippen LogP contribution in [-0.4, -0.2) is 21.2 Å². The summed E-state index contributed by atoms with van der Waals surface area (Å²) in [6.07, 6.45) is 1.15. The second kappa shape index (κ2) is 3.19. The van der Waals surface area contributed by atoms with Crippen LogP contribution in [0.4, 0.5) is 5.82 Å². The molecule has 1 heterocycles. The lowest BCUT2D eigenvalue weighted by molar-refractivity contribution is 0.0696. The number of pyridine rings is 1. The molecule has 0 saturated carbocycles. The number of aliphatic hydroxyl groups excluding tert-OH is 1. The molecule has 0 aliphatic heterocycles. The van der Waals surface area contributed by atoms with E-state index in [0.717, 1.165) is 6.20 Å². The van der Waals surface area contributed by atoms with E-state index in [4.69, 9.17) is 15.9 Å². The zero-order chi connectivity index (χ0) is 9.14. The van der Waals surface area contributed by atoms with E-state index in [2.05, 4.69) is 4.98 Å². The van der Waals surface area contributed by atoms with Crippen LogP contribution in [0.15, 0.2) is 12.3 Å². The summed E-state index contributed by atoms with van der Waals surface area (Å²) in [5.74, 6) is -0.931. The van der Waals surface area contributed by atoms with Crippen molar-refractivity contribution in [3.63, 3.8) is 0 Å². The van der Waals surface area contributed by atoms with Crippen molar-refractivity contribution in [2.45, 2.75) is 6.61 Å².